The lowest BCUT2D eigenvalue weighted by Crippen LogP contribution is -2.56. The zero-order valence-corrected chi connectivity index (χ0v) is 19.9. The van der Waals surface area contributed by atoms with E-state index in [0.29, 0.717) is 5.56 Å². The lowest BCUT2D eigenvalue weighted by atomic mass is 9.93. The second-order valence-electron chi connectivity index (χ2n) is 8.76. The molecule has 0 saturated carbocycles. The van der Waals surface area contributed by atoms with E-state index >= 15 is 0 Å². The van der Waals surface area contributed by atoms with E-state index in [1.807, 2.05) is 54.6 Å². The van der Waals surface area contributed by atoms with Crippen molar-refractivity contribution in [1.82, 2.24) is 10.2 Å². The van der Waals surface area contributed by atoms with E-state index in [1.54, 1.807) is 0 Å². The van der Waals surface area contributed by atoms with Crippen LogP contribution in [0.15, 0.2) is 78.9 Å². The summed E-state index contributed by atoms with van der Waals surface area (Å²) >= 11 is 0. The van der Waals surface area contributed by atoms with E-state index in [-0.39, 0.29) is 31.6 Å². The van der Waals surface area contributed by atoms with Gasteiger partial charge in [-0.25, -0.2) is 14.4 Å². The van der Waals surface area contributed by atoms with Gasteiger partial charge in [0.25, 0.3) is 0 Å². The van der Waals surface area contributed by atoms with Crippen LogP contribution in [0.2, 0.25) is 0 Å². The Morgan fingerprint density at radius 2 is 1.51 bits per heavy atom. The van der Waals surface area contributed by atoms with Gasteiger partial charge in [-0.2, -0.15) is 0 Å². The van der Waals surface area contributed by atoms with Crippen molar-refractivity contribution in [2.75, 3.05) is 0 Å². The number of ether oxygens (including phenoxy) is 1. The third-order valence-electron chi connectivity index (χ3n) is 6.25. The van der Waals surface area contributed by atoms with Crippen molar-refractivity contribution in [2.24, 2.45) is 0 Å². The quantitative estimate of drug-likeness (QED) is 0.431. The lowest BCUT2D eigenvalue weighted by Gasteiger charge is -2.35. The number of amides is 2. The molecule has 3 N–H and O–H groups in total. The minimum absolute atomic E-state index is 0.0379. The van der Waals surface area contributed by atoms with Gasteiger partial charge in [0, 0.05) is 12.8 Å². The predicted molar refractivity (Wildman–Crippen MR) is 133 cm³/mol. The van der Waals surface area contributed by atoms with E-state index in [4.69, 9.17) is 9.84 Å². The molecule has 2 atom stereocenters. The first-order chi connectivity index (χ1) is 17.8. The molecule has 190 valence electrons. The molecule has 37 heavy (non-hydrogen) atoms. The van der Waals surface area contributed by atoms with Crippen LogP contribution in [-0.4, -0.2) is 51.1 Å². The van der Waals surface area contributed by atoms with Crippen molar-refractivity contribution in [3.8, 4) is 0 Å². The van der Waals surface area contributed by atoms with Crippen LogP contribution in [0.25, 0.3) is 0 Å². The highest BCUT2D eigenvalue weighted by molar-refractivity contribution is 5.90. The highest BCUT2D eigenvalue weighted by atomic mass is 16.6. The smallest absolute Gasteiger partial charge is 0.411 e. The summed E-state index contributed by atoms with van der Waals surface area (Å²) in [5, 5.41) is 21.4. The van der Waals surface area contributed by atoms with Crippen molar-refractivity contribution in [3.63, 3.8) is 0 Å². The Bertz CT molecular complexity index is 1290. The largest absolute Gasteiger partial charge is 0.480 e. The first-order valence-electron chi connectivity index (χ1n) is 11.7. The molecule has 0 aliphatic carbocycles. The molecule has 1 aliphatic rings. The number of nitrogens with zero attached hydrogens (tertiary/aromatic N) is 1. The fourth-order valence-corrected chi connectivity index (χ4v) is 4.24. The van der Waals surface area contributed by atoms with Gasteiger partial charge >= 0.3 is 18.0 Å². The predicted octanol–water partition coefficient (Wildman–Crippen LogP) is 3.26. The van der Waals surface area contributed by atoms with Crippen molar-refractivity contribution in [3.05, 3.63) is 107 Å². The van der Waals surface area contributed by atoms with Crippen LogP contribution < -0.4 is 5.32 Å². The van der Waals surface area contributed by atoms with Crippen LogP contribution in [0.3, 0.4) is 0 Å². The zero-order valence-electron chi connectivity index (χ0n) is 19.9. The van der Waals surface area contributed by atoms with E-state index in [9.17, 15) is 24.3 Å². The number of carbonyl (C=O) groups is 4. The number of fused-ring (bicyclic) bond motifs is 1. The number of carbonyl (C=O) groups excluding carboxylic acids is 2. The molecular formula is C28H26N2O7. The summed E-state index contributed by atoms with van der Waals surface area (Å²) in [4.78, 5) is 50.7. The van der Waals surface area contributed by atoms with Crippen LogP contribution in [0, 0.1) is 0 Å². The Labute approximate surface area is 213 Å². The van der Waals surface area contributed by atoms with Gasteiger partial charge in [-0.1, -0.05) is 66.7 Å². The standard InChI is InChI=1S/C28H26N2O7/c31-25(29-23(27(34)35)14-18-10-12-20(13-11-18)26(32)33)24-15-21-8-4-5-9-22(21)16-30(24)28(36)37-17-19-6-2-1-3-7-19/h1-13,23-24H,14-17H2,(H,29,31)(H,32,33)(H,34,35)/t23-,24+/m1/s1. The number of benzene rings is 3. The van der Waals surface area contributed by atoms with Gasteiger partial charge in [-0.3, -0.25) is 9.69 Å². The molecule has 0 aromatic heterocycles. The molecule has 1 aliphatic heterocycles. The number of rotatable bonds is 8. The van der Waals surface area contributed by atoms with Crippen LogP contribution in [0.1, 0.15) is 32.6 Å². The summed E-state index contributed by atoms with van der Waals surface area (Å²) in [6, 6.07) is 20.1. The zero-order chi connectivity index (χ0) is 26.4. The monoisotopic (exact) mass is 502 g/mol. The Balaban J connectivity index is 1.50. The molecule has 9 heteroatoms. The van der Waals surface area contributed by atoms with E-state index in [2.05, 4.69) is 5.32 Å². The molecule has 0 unspecified atom stereocenters. The Morgan fingerprint density at radius 3 is 2.16 bits per heavy atom. The number of hydrogen-bond acceptors (Lipinski definition) is 5. The van der Waals surface area contributed by atoms with Gasteiger partial charge in [0.05, 0.1) is 12.1 Å². The first kappa shape index (κ1) is 25.4. The summed E-state index contributed by atoms with van der Waals surface area (Å²) in [7, 11) is 0. The van der Waals surface area contributed by atoms with Crippen LogP contribution in [0.4, 0.5) is 4.79 Å². The highest BCUT2D eigenvalue weighted by Gasteiger charge is 2.37. The molecule has 0 fully saturated rings. The molecule has 9 nitrogen and oxygen atoms in total. The van der Waals surface area contributed by atoms with Gasteiger partial charge in [0.15, 0.2) is 0 Å². The maximum atomic E-state index is 13.3. The molecule has 0 saturated heterocycles. The second-order valence-corrected chi connectivity index (χ2v) is 8.76. The molecule has 4 rings (SSSR count). The average Bonchev–Trinajstić information content (AvgIpc) is 2.91. The maximum absolute atomic E-state index is 13.3. The number of nitrogens with one attached hydrogen (secondary N) is 1. The Kier molecular flexibility index (Phi) is 7.83. The summed E-state index contributed by atoms with van der Waals surface area (Å²) in [6.45, 7) is 0.187. The van der Waals surface area contributed by atoms with Crippen LogP contribution in [0.5, 0.6) is 0 Å². The Hall–Kier alpha value is -4.66. The van der Waals surface area contributed by atoms with E-state index in [1.165, 1.54) is 29.2 Å². The van der Waals surface area contributed by atoms with Crippen LogP contribution >= 0.6 is 0 Å². The van der Waals surface area contributed by atoms with Crippen LogP contribution in [-0.2, 0) is 40.3 Å². The van der Waals surface area contributed by atoms with Crippen molar-refractivity contribution < 1.29 is 34.1 Å². The van der Waals surface area contributed by atoms with E-state index in [0.717, 1.165) is 16.7 Å². The van der Waals surface area contributed by atoms with Gasteiger partial charge in [-0.15, -0.1) is 0 Å². The molecular weight excluding hydrogens is 476 g/mol. The van der Waals surface area contributed by atoms with Gasteiger partial charge < -0.3 is 20.3 Å². The minimum atomic E-state index is -1.28. The summed E-state index contributed by atoms with van der Waals surface area (Å²) in [6.07, 6.45) is -0.514. The molecule has 0 bridgehead atoms. The summed E-state index contributed by atoms with van der Waals surface area (Å²) in [5.74, 6) is -2.95. The maximum Gasteiger partial charge on any atom is 0.411 e. The SMILES string of the molecule is O=C(O)c1ccc(C[C@@H](NC(=O)[C@@H]2Cc3ccccc3CN2C(=O)OCc2ccccc2)C(=O)O)cc1. The van der Waals surface area contributed by atoms with Crippen molar-refractivity contribution in [2.45, 2.75) is 38.1 Å². The van der Waals surface area contributed by atoms with Gasteiger partial charge in [-0.05, 0) is 34.4 Å². The fourth-order valence-electron chi connectivity index (χ4n) is 4.24. The highest BCUT2D eigenvalue weighted by Crippen LogP contribution is 2.25. The first-order valence-corrected chi connectivity index (χ1v) is 11.7. The number of aromatic carboxylic acids is 1. The third-order valence-corrected chi connectivity index (χ3v) is 6.25. The minimum Gasteiger partial charge on any atom is -0.480 e. The normalized spacial score (nSPS) is 15.2. The van der Waals surface area contributed by atoms with Gasteiger partial charge in [0.1, 0.15) is 18.7 Å². The Morgan fingerprint density at radius 1 is 0.865 bits per heavy atom. The lowest BCUT2D eigenvalue weighted by molar-refractivity contribution is -0.142. The fraction of sp³-hybridized carbons (Fsp3) is 0.214. The number of hydrogen-bond donors (Lipinski definition) is 3. The number of carboxylic acids is 2. The van der Waals surface area contributed by atoms with Crippen molar-refractivity contribution >= 4 is 23.9 Å². The molecule has 3 aromatic rings. The number of carboxylic acid groups (broad SMARTS) is 2. The average molecular weight is 503 g/mol. The summed E-state index contributed by atoms with van der Waals surface area (Å²) in [5.41, 5.74) is 3.20. The topological polar surface area (TPSA) is 133 Å². The molecule has 0 spiro atoms. The van der Waals surface area contributed by atoms with Crippen molar-refractivity contribution in [1.29, 1.82) is 0 Å². The molecule has 3 aromatic carbocycles. The van der Waals surface area contributed by atoms with E-state index < -0.39 is 36.0 Å². The number of aliphatic carboxylic acids is 1. The van der Waals surface area contributed by atoms with Gasteiger partial charge in [0.2, 0.25) is 5.91 Å². The second kappa shape index (κ2) is 11.4. The molecule has 2 amide bonds. The molecule has 1 heterocycles. The molecule has 0 radical (unpaired) electrons. The summed E-state index contributed by atoms with van der Waals surface area (Å²) < 4.78 is 5.48. The third kappa shape index (κ3) is 6.32.